The molecule has 46 heavy (non-hydrogen) atoms. The smallest absolute Gasteiger partial charge is 0.173 e. The second-order valence-electron chi connectivity index (χ2n) is 10.3. The minimum absolute atomic E-state index is 0.574. The molecule has 4 heteroatoms. The summed E-state index contributed by atoms with van der Waals surface area (Å²) in [5, 5.41) is 25.9. The van der Waals surface area contributed by atoms with Crippen molar-refractivity contribution in [3.8, 4) is 51.7 Å². The lowest BCUT2D eigenvalue weighted by Crippen LogP contribution is -1.91. The van der Waals surface area contributed by atoms with E-state index in [1.807, 2.05) is 6.08 Å². The van der Waals surface area contributed by atoms with E-state index in [-0.39, 0.29) is 0 Å². The Kier molecular flexibility index (Phi) is 13.6. The molecular weight excluding hydrogens is 560 g/mol. The molecule has 0 heterocycles. The van der Waals surface area contributed by atoms with Gasteiger partial charge in [-0.25, -0.2) is 0 Å². The van der Waals surface area contributed by atoms with Gasteiger partial charge in [0, 0.05) is 24.0 Å². The fourth-order valence-corrected chi connectivity index (χ4v) is 4.89. The molecule has 0 aromatic heterocycles. The molecule has 0 bridgehead atoms. The van der Waals surface area contributed by atoms with E-state index in [1.165, 1.54) is 11.8 Å². The topological polar surface area (TPSA) is 97.4 Å². The molecule has 4 rings (SSSR count). The van der Waals surface area contributed by atoms with Gasteiger partial charge in [-0.3, -0.25) is 0 Å². The van der Waals surface area contributed by atoms with Gasteiger partial charge < -0.3 is 5.73 Å². The molecule has 0 saturated carbocycles. The van der Waals surface area contributed by atoms with Crippen LogP contribution in [0.15, 0.2) is 164 Å². The van der Waals surface area contributed by atoms with Crippen molar-refractivity contribution < 1.29 is 0 Å². The molecular formula is C42H36N4. The Bertz CT molecular complexity index is 1760. The second kappa shape index (κ2) is 18.3. The van der Waals surface area contributed by atoms with Crippen molar-refractivity contribution in [2.45, 2.75) is 19.3 Å². The monoisotopic (exact) mass is 596 g/mol. The predicted octanol–water partition coefficient (Wildman–Crippen LogP) is 9.76. The van der Waals surface area contributed by atoms with Gasteiger partial charge >= 0.3 is 0 Å². The van der Waals surface area contributed by atoms with Gasteiger partial charge in [-0.1, -0.05) is 123 Å². The number of hydrogen-bond donors (Lipinski definition) is 1. The molecule has 224 valence electrons. The fraction of sp³-hybridized carbons (Fsp3) is 0.0714. The van der Waals surface area contributed by atoms with Gasteiger partial charge in [-0.15, -0.1) is 0 Å². The van der Waals surface area contributed by atoms with Crippen molar-refractivity contribution in [1.82, 2.24) is 0 Å². The van der Waals surface area contributed by atoms with Crippen LogP contribution >= 0.6 is 0 Å². The van der Waals surface area contributed by atoms with Gasteiger partial charge in [0.25, 0.3) is 0 Å². The van der Waals surface area contributed by atoms with Crippen LogP contribution in [0.4, 0.5) is 0 Å². The Balaban J connectivity index is 0.00000185. The zero-order valence-electron chi connectivity index (χ0n) is 25.9. The van der Waals surface area contributed by atoms with Crippen molar-refractivity contribution >= 4 is 0 Å². The third-order valence-corrected chi connectivity index (χ3v) is 7.13. The lowest BCUT2D eigenvalue weighted by atomic mass is 9.92. The van der Waals surface area contributed by atoms with Crippen molar-refractivity contribution in [1.29, 1.82) is 15.8 Å². The zero-order chi connectivity index (χ0) is 33.1. The molecule has 4 aromatic rings. The molecule has 2 N–H and O–H groups in total. The van der Waals surface area contributed by atoms with Crippen molar-refractivity contribution in [2.75, 3.05) is 0 Å². The van der Waals surface area contributed by atoms with Crippen LogP contribution in [0.1, 0.15) is 16.7 Å². The lowest BCUT2D eigenvalue weighted by Gasteiger charge is -2.13. The molecule has 0 fully saturated rings. The second-order valence-corrected chi connectivity index (χ2v) is 10.3. The molecule has 0 unspecified atom stereocenters. The standard InChI is InChI=1S/C41H34N2.CH2N2/c1-4-7-8-11-31-12-18-36(19-13-31)39-26-40(37-20-14-32(15-21-37)24-34(29-42)9-5-2)28-41(27-39)38-22-16-33(17-23-38)25-35(30-43)10-6-3;2-1-3/h4-10,12-23,26-28H,1-3,11,24-25H2;2H2/b8-7-,34-9+,35-10+;. The first-order valence-electron chi connectivity index (χ1n) is 14.7. The Morgan fingerprint density at radius 1 is 0.543 bits per heavy atom. The molecule has 0 radical (unpaired) electrons. The average Bonchev–Trinajstić information content (AvgIpc) is 3.09. The summed E-state index contributed by atoms with van der Waals surface area (Å²) in [4.78, 5) is 0. The van der Waals surface area contributed by atoms with E-state index in [1.54, 1.807) is 30.4 Å². The maximum absolute atomic E-state index is 9.40. The number of benzene rings is 4. The van der Waals surface area contributed by atoms with Gasteiger partial charge in [0.1, 0.15) is 0 Å². The summed E-state index contributed by atoms with van der Waals surface area (Å²) < 4.78 is 0. The Hall–Kier alpha value is -6.41. The summed E-state index contributed by atoms with van der Waals surface area (Å²) in [6.07, 6.45) is 15.9. The van der Waals surface area contributed by atoms with E-state index < -0.39 is 0 Å². The first kappa shape index (κ1) is 34.1. The predicted molar refractivity (Wildman–Crippen MR) is 191 cm³/mol. The summed E-state index contributed by atoms with van der Waals surface area (Å²) in [5.74, 6) is 0. The number of rotatable bonds is 12. The number of allylic oxidation sites excluding steroid dienone is 9. The van der Waals surface area contributed by atoms with E-state index in [0.29, 0.717) is 24.0 Å². The quantitative estimate of drug-likeness (QED) is 0.0762. The van der Waals surface area contributed by atoms with Crippen LogP contribution in [-0.4, -0.2) is 0 Å². The van der Waals surface area contributed by atoms with E-state index in [4.69, 9.17) is 5.26 Å². The van der Waals surface area contributed by atoms with Crippen LogP contribution in [0.2, 0.25) is 0 Å². The lowest BCUT2D eigenvalue weighted by molar-refractivity contribution is 1.20. The van der Waals surface area contributed by atoms with E-state index in [0.717, 1.165) is 50.9 Å². The molecule has 4 aromatic carbocycles. The van der Waals surface area contributed by atoms with Gasteiger partial charge in [0.2, 0.25) is 0 Å². The van der Waals surface area contributed by atoms with Gasteiger partial charge in [-0.05, 0) is 86.8 Å². The minimum atomic E-state index is 0.574. The van der Waals surface area contributed by atoms with Gasteiger partial charge in [-0.2, -0.15) is 15.8 Å². The maximum atomic E-state index is 9.40. The summed E-state index contributed by atoms with van der Waals surface area (Å²) in [5.41, 5.74) is 15.6. The summed E-state index contributed by atoms with van der Waals surface area (Å²) >= 11 is 0. The average molecular weight is 597 g/mol. The molecule has 4 nitrogen and oxygen atoms in total. The number of nitrogens with zero attached hydrogens (tertiary/aromatic N) is 3. The molecule has 0 spiro atoms. The van der Waals surface area contributed by atoms with E-state index in [9.17, 15) is 10.5 Å². The highest BCUT2D eigenvalue weighted by atomic mass is 14.5. The molecule has 0 saturated heterocycles. The van der Waals surface area contributed by atoms with Gasteiger partial charge in [0.15, 0.2) is 6.19 Å². The molecule has 0 aliphatic carbocycles. The fourth-order valence-electron chi connectivity index (χ4n) is 4.89. The van der Waals surface area contributed by atoms with Crippen LogP contribution in [0.25, 0.3) is 33.4 Å². The zero-order valence-corrected chi connectivity index (χ0v) is 25.9. The Labute approximate surface area is 273 Å². The highest BCUT2D eigenvalue weighted by molar-refractivity contribution is 5.81. The first-order valence-corrected chi connectivity index (χ1v) is 14.7. The third-order valence-electron chi connectivity index (χ3n) is 7.13. The van der Waals surface area contributed by atoms with Crippen molar-refractivity contribution in [2.24, 2.45) is 5.73 Å². The van der Waals surface area contributed by atoms with E-state index >= 15 is 0 Å². The molecule has 0 atom stereocenters. The molecule has 0 amide bonds. The van der Waals surface area contributed by atoms with Crippen LogP contribution in [0.3, 0.4) is 0 Å². The van der Waals surface area contributed by atoms with E-state index in [2.05, 4.69) is 135 Å². The summed E-state index contributed by atoms with van der Waals surface area (Å²) in [6.45, 7) is 11.2. The molecule has 0 aliphatic heterocycles. The highest BCUT2D eigenvalue weighted by Gasteiger charge is 2.09. The largest absolute Gasteiger partial charge is 0.337 e. The van der Waals surface area contributed by atoms with Crippen molar-refractivity contribution in [3.63, 3.8) is 0 Å². The molecule has 0 aliphatic rings. The van der Waals surface area contributed by atoms with Crippen LogP contribution in [0.5, 0.6) is 0 Å². The SMILES string of the molecule is C=C/C=C\Cc1ccc(-c2cc(-c3ccc(C/C(C#N)=C\C=C)cc3)cc(-c3ccc(C/C(C#N)=C\C=C)cc3)c2)cc1.N#CN. The van der Waals surface area contributed by atoms with Crippen LogP contribution in [0, 0.1) is 34.1 Å². The maximum Gasteiger partial charge on any atom is 0.173 e. The van der Waals surface area contributed by atoms with Crippen LogP contribution in [-0.2, 0) is 19.3 Å². The van der Waals surface area contributed by atoms with Crippen LogP contribution < -0.4 is 5.73 Å². The van der Waals surface area contributed by atoms with Gasteiger partial charge in [0.05, 0.1) is 12.1 Å². The Morgan fingerprint density at radius 2 is 0.891 bits per heavy atom. The Morgan fingerprint density at radius 3 is 1.20 bits per heavy atom. The first-order chi connectivity index (χ1) is 22.5. The number of nitriles is 3. The number of hydrogen-bond acceptors (Lipinski definition) is 4. The highest BCUT2D eigenvalue weighted by Crippen LogP contribution is 2.33. The minimum Gasteiger partial charge on any atom is -0.337 e. The van der Waals surface area contributed by atoms with Crippen molar-refractivity contribution in [3.05, 3.63) is 181 Å². The third kappa shape index (κ3) is 10.1. The normalized spacial score (nSPS) is 10.9. The number of nitrogens with two attached hydrogens (primary N) is 1. The summed E-state index contributed by atoms with van der Waals surface area (Å²) in [6, 6.07) is 36.7. The summed E-state index contributed by atoms with van der Waals surface area (Å²) in [7, 11) is 0.